The van der Waals surface area contributed by atoms with Crippen LogP contribution in [0.25, 0.3) is 0 Å². The second-order valence-corrected chi connectivity index (χ2v) is 44.2. The number of aromatic carboxylic acids is 1. The number of rotatable bonds is 36. The maximum Gasteiger partial charge on any atom is 0.341 e. The Bertz CT molecular complexity index is 5780. The zero-order chi connectivity index (χ0) is 101. The van der Waals surface area contributed by atoms with Gasteiger partial charge in [-0.15, -0.1) is 11.6 Å². The molecule has 8 fully saturated rings. The number of nitrogens with two attached hydrogens (primary N) is 1. The van der Waals surface area contributed by atoms with Crippen LogP contribution < -0.4 is 34.1 Å². The molecule has 0 aromatic heterocycles. The summed E-state index contributed by atoms with van der Waals surface area (Å²) in [6.45, 7) is 15.8. The Kier molecular flexibility index (Phi) is 41.1. The molecule has 16 rings (SSSR count). The van der Waals surface area contributed by atoms with E-state index >= 15 is 0 Å². The number of hydrogen-bond acceptors (Lipinski definition) is 22. The van der Waals surface area contributed by atoms with Crippen molar-refractivity contribution in [1.29, 1.82) is 0 Å². The zero-order valence-corrected chi connectivity index (χ0v) is 86.8. The molecule has 1 amide bonds. The highest BCUT2D eigenvalue weighted by Gasteiger charge is 2.41. The number of benzene rings is 8. The molecule has 4 atom stereocenters. The van der Waals surface area contributed by atoms with Gasteiger partial charge in [0.1, 0.15) is 51.9 Å². The first-order valence-electron chi connectivity index (χ1n) is 45.0. The number of carbonyl (C=O) groups excluding carboxylic acids is 3. The van der Waals surface area contributed by atoms with Crippen LogP contribution in [-0.2, 0) is 48.5 Å². The zero-order valence-electron chi connectivity index (χ0n) is 78.4. The summed E-state index contributed by atoms with van der Waals surface area (Å²) in [7, 11) is 0.870. The molecule has 25 nitrogen and oxygen atoms in total. The largest absolute Gasteiger partial charge is 0.493 e. The van der Waals surface area contributed by atoms with Gasteiger partial charge in [0.15, 0.2) is 0 Å². The lowest BCUT2D eigenvalue weighted by Crippen LogP contribution is -2.51. The molecule has 4 heterocycles. The minimum Gasteiger partial charge on any atom is -0.493 e. The smallest absolute Gasteiger partial charge is 0.341 e. The van der Waals surface area contributed by atoms with Crippen molar-refractivity contribution in [1.82, 2.24) is 24.7 Å². The number of likely N-dealkylation sites (tertiary alicyclic amines) is 3. The molecular weight excluding hydrogens is 2040 g/mol. The first kappa shape index (κ1) is 112. The number of amides is 1. The number of sulfonamides is 2. The molecule has 40 heteroatoms. The lowest BCUT2D eigenvalue weighted by atomic mass is 9.95. The number of carboxylic acid groups (broad SMARTS) is 1. The molecule has 4 saturated carbocycles. The van der Waals surface area contributed by atoms with Gasteiger partial charge in [0.25, 0.3) is 5.91 Å². The summed E-state index contributed by atoms with van der Waals surface area (Å²) in [4.78, 5) is 54.3. The summed E-state index contributed by atoms with van der Waals surface area (Å²) in [6.07, 6.45) is 9.69. The number of esters is 2. The lowest BCUT2D eigenvalue weighted by molar-refractivity contribution is -0.00586. The number of alkyl halides is 1. The number of methoxy groups -OCH3 is 5. The molecule has 139 heavy (non-hydrogen) atoms. The van der Waals surface area contributed by atoms with Gasteiger partial charge in [0.05, 0.1) is 118 Å². The van der Waals surface area contributed by atoms with Crippen molar-refractivity contribution < 1.29 is 106 Å². The first-order chi connectivity index (χ1) is 65.7. The van der Waals surface area contributed by atoms with Crippen LogP contribution in [0.1, 0.15) is 205 Å². The van der Waals surface area contributed by atoms with Crippen molar-refractivity contribution in [3.63, 3.8) is 0 Å². The number of primary sulfonamides is 1. The van der Waals surface area contributed by atoms with Crippen LogP contribution >= 0.6 is 104 Å². The highest BCUT2D eigenvalue weighted by molar-refractivity contribution is 7.89. The molecule has 4 saturated heterocycles. The molecule has 4 aliphatic carbocycles. The normalized spacial score (nSPS) is 17.2. The summed E-state index contributed by atoms with van der Waals surface area (Å²) in [6, 6.07) is 32.9. The third-order valence-corrected chi connectivity index (χ3v) is 26.3. The van der Waals surface area contributed by atoms with Crippen molar-refractivity contribution in [3.05, 3.63) is 252 Å². The van der Waals surface area contributed by atoms with E-state index in [-0.39, 0.29) is 69.4 Å². The van der Waals surface area contributed by atoms with Gasteiger partial charge in [-0.3, -0.25) is 19.5 Å². The Morgan fingerprint density at radius 2 is 0.683 bits per heavy atom. The predicted molar refractivity (Wildman–Crippen MR) is 532 cm³/mol. The third kappa shape index (κ3) is 34.5. The van der Waals surface area contributed by atoms with E-state index in [2.05, 4.69) is 29.9 Å². The van der Waals surface area contributed by atoms with E-state index in [1.165, 1.54) is 43.5 Å². The summed E-state index contributed by atoms with van der Waals surface area (Å²) in [5, 5.41) is 21.2. The number of nitrogens with one attached hydrogen (secondary N) is 2. The van der Waals surface area contributed by atoms with E-state index < -0.39 is 72.7 Å². The van der Waals surface area contributed by atoms with Crippen LogP contribution in [0, 0.1) is 46.9 Å². The molecular formula is C99H115Cl9F4N6O19S2. The van der Waals surface area contributed by atoms with E-state index in [1.807, 2.05) is 41.1 Å². The monoisotopic (exact) mass is 2150 g/mol. The fourth-order valence-corrected chi connectivity index (χ4v) is 19.0. The maximum absolute atomic E-state index is 14.8. The van der Waals surface area contributed by atoms with Crippen LogP contribution in [0.2, 0.25) is 40.2 Å². The highest BCUT2D eigenvalue weighted by Crippen LogP contribution is 2.50. The van der Waals surface area contributed by atoms with Crippen LogP contribution in [-0.4, -0.2) is 219 Å². The van der Waals surface area contributed by atoms with Gasteiger partial charge in [-0.05, 0) is 237 Å². The topological polar surface area (TPSA) is 309 Å². The van der Waals surface area contributed by atoms with Gasteiger partial charge in [-0.25, -0.2) is 58.6 Å². The molecule has 4 aliphatic heterocycles. The maximum atomic E-state index is 14.8. The van der Waals surface area contributed by atoms with E-state index in [0.717, 1.165) is 161 Å². The SMILES string of the molecule is COC(=O)c1cc(C2CC2)c(OCC2CNC2)cc1F.COCC(Cl)c1cc(Cl)cc(Cl)c1.COCC(c1cc(Cl)cc(Cl)c1)N1CC(COc2cc(F)c(C(=O)NS(C)(=O)=O)cc2C2CC2)C1.COCC(c1cc(Cl)cc(Cl)c1)N1CC(COc2cc(F)c(C(=O)O)cc2C2CC2)C1.COCC(c1cc(Cl)cc(Cl)c1)N1CC(COc2cc(F)c(C(=O)OC(C)(C)C)cc2C2CC2)C1.CS(N)(=O)=O. The van der Waals surface area contributed by atoms with E-state index in [0.29, 0.717) is 140 Å². The van der Waals surface area contributed by atoms with E-state index in [9.17, 15) is 58.7 Å². The van der Waals surface area contributed by atoms with Gasteiger partial charge >= 0.3 is 17.9 Å². The van der Waals surface area contributed by atoms with Crippen LogP contribution in [0.5, 0.6) is 23.0 Å². The summed E-state index contributed by atoms with van der Waals surface area (Å²) < 4.78 is 156. The average Bonchev–Trinajstić information content (AvgIpc) is 1.75. The number of carboxylic acids is 1. The molecule has 8 aromatic rings. The molecule has 0 bridgehead atoms. The standard InChI is InChI=1S/C27H32Cl2FNO4.C24H27Cl2FN2O5S.C23H24Cl2FNO4.C15H18FNO3.C9H9Cl3O.CH5NO2S/c1-27(2,3)35-26(32)22-10-21(17-5-6-17)25(11-23(22)30)34-14-16-12-31(13-16)24(15-33-4)18-7-19(28)9-20(29)8-18;1-33-13-22(16-5-17(25)7-18(26)6-16)29-10-14(11-29)12-34-23-9-21(27)20(8-19(23)15-3-4-15)24(30)28-35(2,31)32;1-30-12-21(15-4-16(24)6-17(25)5-15)27-9-13(10-27)11-31-22-8-20(26)19(23(28)29)7-18(22)14-2-3-14;1-19-15(18)12-4-11(10-2-3-10)14(5-13(12)16)20-8-9-6-17-7-9;1-13-5-9(12)6-2-7(10)4-8(11)3-6;1-5(2,3)4/h7-11,16-17,24H,5-6,12-15H2,1-4H3;5-9,14-15,22H,3-4,10-13H2,1-2H3,(H,28,30);4-8,13-14,21H,2-3,9-12H2,1H3,(H,28,29);4-5,9-10,17H,2-3,6-8H2,1H3;2-4,9H,5H2,1H3;1H3,(H2,2,3,4). The average molecular weight is 2150 g/mol. The summed E-state index contributed by atoms with van der Waals surface area (Å²) in [5.41, 5.74) is 5.87. The number of ether oxygens (including phenoxy) is 10. The van der Waals surface area contributed by atoms with Gasteiger partial charge < -0.3 is 57.8 Å². The summed E-state index contributed by atoms with van der Waals surface area (Å²) in [5.74, 6) is -1.97. The Hall–Kier alpha value is -7.29. The molecule has 0 radical (unpaired) electrons. The Morgan fingerprint density at radius 1 is 0.417 bits per heavy atom. The highest BCUT2D eigenvalue weighted by atomic mass is 35.5. The van der Waals surface area contributed by atoms with Crippen LogP contribution in [0.4, 0.5) is 17.6 Å². The summed E-state index contributed by atoms with van der Waals surface area (Å²) >= 11 is 54.7. The lowest BCUT2D eigenvalue weighted by Gasteiger charge is -2.44. The van der Waals surface area contributed by atoms with Gasteiger partial charge in [0, 0.05) is 169 Å². The number of nitrogens with zero attached hydrogens (tertiary/aromatic N) is 3. The minimum absolute atomic E-state index is 0.000408. The van der Waals surface area contributed by atoms with Crippen molar-refractivity contribution in [2.24, 2.45) is 28.8 Å². The van der Waals surface area contributed by atoms with Crippen LogP contribution in [0.3, 0.4) is 0 Å². The van der Waals surface area contributed by atoms with Gasteiger partial charge in [0.2, 0.25) is 20.0 Å². The molecule has 0 spiro atoms. The number of carbonyl (C=O) groups is 4. The second kappa shape index (κ2) is 51.0. The van der Waals surface area contributed by atoms with Crippen molar-refractivity contribution in [2.75, 3.05) is 153 Å². The molecule has 758 valence electrons. The minimum atomic E-state index is -3.80. The Balaban J connectivity index is 0.000000169. The quantitative estimate of drug-likeness (QED) is 0.0161. The fraction of sp³-hybridized carbons (Fsp3) is 0.475. The van der Waals surface area contributed by atoms with E-state index in [1.54, 1.807) is 97.7 Å². The number of hydrogen-bond donors (Lipinski definition) is 4. The third-order valence-electron chi connectivity index (χ3n) is 23.6. The predicted octanol–water partition coefficient (Wildman–Crippen LogP) is 21.4. The van der Waals surface area contributed by atoms with Gasteiger partial charge in [-0.2, -0.15) is 0 Å². The molecule has 5 N–H and O–H groups in total. The van der Waals surface area contributed by atoms with E-state index in [4.69, 9.17) is 147 Å². The number of halogens is 13. The molecule has 8 aromatic carbocycles. The van der Waals surface area contributed by atoms with Crippen LogP contribution in [0.15, 0.2) is 121 Å². The Labute approximate surface area is 854 Å². The van der Waals surface area contributed by atoms with Crippen molar-refractivity contribution in [2.45, 2.75) is 125 Å². The second-order valence-electron chi connectivity index (χ2n) is 36.8. The van der Waals surface area contributed by atoms with Crippen molar-refractivity contribution >= 4 is 148 Å². The first-order valence-corrected chi connectivity index (χ1v) is 52.3. The fourth-order valence-electron chi connectivity index (χ4n) is 16.2. The Morgan fingerprint density at radius 3 is 0.942 bits per heavy atom. The van der Waals surface area contributed by atoms with Gasteiger partial charge in [-0.1, -0.05) is 92.8 Å². The van der Waals surface area contributed by atoms with Crippen molar-refractivity contribution in [3.8, 4) is 23.0 Å². The molecule has 8 aliphatic rings. The molecule has 4 unspecified atom stereocenters.